The van der Waals surface area contributed by atoms with Gasteiger partial charge in [0.05, 0.1) is 6.61 Å². The van der Waals surface area contributed by atoms with Gasteiger partial charge in [-0.1, -0.05) is 0 Å². The van der Waals surface area contributed by atoms with Crippen LogP contribution in [0.1, 0.15) is 11.3 Å². The third-order valence-electron chi connectivity index (χ3n) is 1.88. The fraction of sp³-hybridized carbons (Fsp3) is 0.400. The first kappa shape index (κ1) is 11.5. The highest BCUT2D eigenvalue weighted by Gasteiger charge is 2.01. The number of hydrogen-bond acceptors (Lipinski definition) is 4. The van der Waals surface area contributed by atoms with E-state index in [1.54, 1.807) is 19.2 Å². The monoisotopic (exact) mass is 208 g/mol. The number of nitrogen functional groups attached to an aromatic ring is 1. The first-order valence-corrected chi connectivity index (χ1v) is 4.69. The summed E-state index contributed by atoms with van der Waals surface area (Å²) in [6.07, 6.45) is 0. The molecule has 0 aliphatic heterocycles. The van der Waals surface area contributed by atoms with E-state index in [1.165, 1.54) is 0 Å². The van der Waals surface area contributed by atoms with Crippen molar-refractivity contribution in [2.45, 2.75) is 6.92 Å². The van der Waals surface area contributed by atoms with E-state index in [0.29, 0.717) is 18.7 Å². The summed E-state index contributed by atoms with van der Waals surface area (Å²) in [6, 6.07) is 3.54. The largest absolute Gasteiger partial charge is 0.384 e. The van der Waals surface area contributed by atoms with Crippen LogP contribution < -0.4 is 11.1 Å². The summed E-state index contributed by atoms with van der Waals surface area (Å²) in [5.74, 6) is 0.771. The number of ether oxygens (including phenoxy) is 1. The van der Waals surface area contributed by atoms with Gasteiger partial charge in [0.2, 0.25) is 0 Å². The van der Waals surface area contributed by atoms with Gasteiger partial charge in [-0.05, 0) is 19.1 Å². The maximum Gasteiger partial charge on any atom is 0.127 e. The lowest BCUT2D eigenvalue weighted by Crippen LogP contribution is -2.14. The molecule has 0 unspecified atom stereocenters. The summed E-state index contributed by atoms with van der Waals surface area (Å²) in [5, 5.41) is 10.4. The van der Waals surface area contributed by atoms with E-state index in [-0.39, 0.29) is 5.84 Å². The first-order chi connectivity index (χ1) is 7.13. The van der Waals surface area contributed by atoms with Crippen LogP contribution in [0.3, 0.4) is 0 Å². The summed E-state index contributed by atoms with van der Waals surface area (Å²) < 4.78 is 4.91. The normalized spacial score (nSPS) is 10.0. The van der Waals surface area contributed by atoms with Crippen LogP contribution >= 0.6 is 0 Å². The van der Waals surface area contributed by atoms with Crippen molar-refractivity contribution in [2.75, 3.05) is 25.6 Å². The Morgan fingerprint density at radius 1 is 1.60 bits per heavy atom. The minimum Gasteiger partial charge on any atom is -0.384 e. The summed E-state index contributed by atoms with van der Waals surface area (Å²) in [7, 11) is 1.65. The second-order valence-corrected chi connectivity index (χ2v) is 3.22. The maximum atomic E-state index is 7.34. The number of nitrogens with one attached hydrogen (secondary N) is 2. The van der Waals surface area contributed by atoms with Crippen LogP contribution in [-0.2, 0) is 4.74 Å². The van der Waals surface area contributed by atoms with E-state index in [0.717, 1.165) is 11.5 Å². The molecule has 4 N–H and O–H groups in total. The SMILES string of the molecule is COCCNc1cc(C(=N)N)cc(C)n1. The molecule has 0 fully saturated rings. The average molecular weight is 208 g/mol. The minimum absolute atomic E-state index is 0.0512. The molecule has 0 saturated heterocycles. The zero-order valence-electron chi connectivity index (χ0n) is 9.00. The predicted molar refractivity (Wildman–Crippen MR) is 60.4 cm³/mol. The molecule has 0 saturated carbocycles. The Labute approximate surface area is 89.2 Å². The Bertz CT molecular complexity index is 351. The van der Waals surface area contributed by atoms with Crippen LogP contribution in [0.4, 0.5) is 5.82 Å². The Kier molecular flexibility index (Phi) is 4.05. The van der Waals surface area contributed by atoms with Crippen LogP contribution in [-0.4, -0.2) is 31.1 Å². The highest BCUT2D eigenvalue weighted by molar-refractivity contribution is 5.95. The van der Waals surface area contributed by atoms with Gasteiger partial charge in [0.25, 0.3) is 0 Å². The van der Waals surface area contributed by atoms with Crippen LogP contribution in [0.15, 0.2) is 12.1 Å². The highest BCUT2D eigenvalue weighted by atomic mass is 16.5. The van der Waals surface area contributed by atoms with Gasteiger partial charge in [0, 0.05) is 24.9 Å². The standard InChI is InChI=1S/C10H16N4O/c1-7-5-8(10(11)12)6-9(14-7)13-3-4-15-2/h5-6H,3-4H2,1-2H3,(H3,11,12)(H,13,14). The first-order valence-electron chi connectivity index (χ1n) is 4.69. The van der Waals surface area contributed by atoms with Gasteiger partial charge >= 0.3 is 0 Å². The van der Waals surface area contributed by atoms with Crippen molar-refractivity contribution < 1.29 is 4.74 Å². The van der Waals surface area contributed by atoms with Crippen molar-refractivity contribution in [3.63, 3.8) is 0 Å². The molecule has 0 aromatic carbocycles. The molecule has 0 spiro atoms. The molecule has 0 aliphatic rings. The smallest absolute Gasteiger partial charge is 0.127 e. The fourth-order valence-electron chi connectivity index (χ4n) is 1.20. The van der Waals surface area contributed by atoms with Gasteiger partial charge in [-0.15, -0.1) is 0 Å². The number of aromatic nitrogens is 1. The lowest BCUT2D eigenvalue weighted by atomic mass is 10.2. The summed E-state index contributed by atoms with van der Waals surface area (Å²) in [5.41, 5.74) is 6.93. The topological polar surface area (TPSA) is 84.0 Å². The van der Waals surface area contributed by atoms with Gasteiger partial charge in [0.1, 0.15) is 11.7 Å². The molecule has 1 aromatic heterocycles. The van der Waals surface area contributed by atoms with E-state index < -0.39 is 0 Å². The van der Waals surface area contributed by atoms with Gasteiger partial charge in [0.15, 0.2) is 0 Å². The number of methoxy groups -OCH3 is 1. The molecule has 5 heteroatoms. The van der Waals surface area contributed by atoms with Gasteiger partial charge < -0.3 is 15.8 Å². The number of aryl methyl sites for hydroxylation is 1. The summed E-state index contributed by atoms with van der Waals surface area (Å²) in [6.45, 7) is 3.17. The van der Waals surface area contributed by atoms with Crippen molar-refractivity contribution in [3.8, 4) is 0 Å². The Balaban J connectivity index is 2.75. The number of nitrogens with two attached hydrogens (primary N) is 1. The second kappa shape index (κ2) is 5.31. The lowest BCUT2D eigenvalue weighted by molar-refractivity contribution is 0.210. The van der Waals surface area contributed by atoms with Crippen LogP contribution in [0, 0.1) is 12.3 Å². The summed E-state index contributed by atoms with van der Waals surface area (Å²) in [4.78, 5) is 4.27. The number of nitrogens with zero attached hydrogens (tertiary/aromatic N) is 1. The van der Waals surface area contributed by atoms with E-state index in [1.807, 2.05) is 6.92 Å². The third kappa shape index (κ3) is 3.55. The molecule has 5 nitrogen and oxygen atoms in total. The Morgan fingerprint density at radius 2 is 2.33 bits per heavy atom. The number of hydrogen-bond donors (Lipinski definition) is 3. The van der Waals surface area contributed by atoms with E-state index >= 15 is 0 Å². The van der Waals surface area contributed by atoms with Crippen LogP contribution in [0.2, 0.25) is 0 Å². The van der Waals surface area contributed by atoms with Crippen molar-refractivity contribution in [2.24, 2.45) is 5.73 Å². The molecule has 15 heavy (non-hydrogen) atoms. The van der Waals surface area contributed by atoms with Crippen molar-refractivity contribution in [1.29, 1.82) is 5.41 Å². The molecule has 82 valence electrons. The molecule has 1 rings (SSSR count). The fourth-order valence-corrected chi connectivity index (χ4v) is 1.20. The van der Waals surface area contributed by atoms with E-state index in [2.05, 4.69) is 10.3 Å². The molecule has 1 heterocycles. The molecule has 0 atom stereocenters. The third-order valence-corrected chi connectivity index (χ3v) is 1.88. The van der Waals surface area contributed by atoms with E-state index in [4.69, 9.17) is 15.9 Å². The van der Waals surface area contributed by atoms with Crippen molar-refractivity contribution in [3.05, 3.63) is 23.4 Å². The zero-order valence-corrected chi connectivity index (χ0v) is 9.00. The van der Waals surface area contributed by atoms with Crippen LogP contribution in [0.5, 0.6) is 0 Å². The maximum absolute atomic E-state index is 7.34. The molecule has 0 radical (unpaired) electrons. The van der Waals surface area contributed by atoms with Crippen molar-refractivity contribution in [1.82, 2.24) is 4.98 Å². The van der Waals surface area contributed by atoms with Gasteiger partial charge in [-0.25, -0.2) is 4.98 Å². The van der Waals surface area contributed by atoms with Crippen LogP contribution in [0.25, 0.3) is 0 Å². The predicted octanol–water partition coefficient (Wildman–Crippen LogP) is 0.732. The highest BCUT2D eigenvalue weighted by Crippen LogP contribution is 2.09. The molecular formula is C10H16N4O. The number of rotatable bonds is 5. The van der Waals surface area contributed by atoms with Gasteiger partial charge in [-0.3, -0.25) is 5.41 Å². The Hall–Kier alpha value is -1.62. The second-order valence-electron chi connectivity index (χ2n) is 3.22. The van der Waals surface area contributed by atoms with E-state index in [9.17, 15) is 0 Å². The number of amidine groups is 1. The molecular weight excluding hydrogens is 192 g/mol. The van der Waals surface area contributed by atoms with Crippen molar-refractivity contribution >= 4 is 11.7 Å². The average Bonchev–Trinajstić information content (AvgIpc) is 2.17. The molecule has 0 amide bonds. The van der Waals surface area contributed by atoms with Gasteiger partial charge in [-0.2, -0.15) is 0 Å². The molecule has 0 aliphatic carbocycles. The Morgan fingerprint density at radius 3 is 2.93 bits per heavy atom. The zero-order chi connectivity index (χ0) is 11.3. The summed E-state index contributed by atoms with van der Waals surface area (Å²) >= 11 is 0. The number of pyridine rings is 1. The number of anilines is 1. The molecule has 1 aromatic rings. The quantitative estimate of drug-likeness (QED) is 0.378. The minimum atomic E-state index is 0.0512. The lowest BCUT2D eigenvalue weighted by Gasteiger charge is -2.07. The molecule has 0 bridgehead atoms.